The molecule has 0 saturated heterocycles. The van der Waals surface area contributed by atoms with Crippen LogP contribution in [0.25, 0.3) is 0 Å². The normalized spacial score (nSPS) is 17.0. The van der Waals surface area contributed by atoms with Crippen LogP contribution in [-0.4, -0.2) is 5.78 Å². The summed E-state index contributed by atoms with van der Waals surface area (Å²) in [5.74, 6) is 0.880. The topological polar surface area (TPSA) is 17.1 Å². The van der Waals surface area contributed by atoms with Gasteiger partial charge in [-0.3, -0.25) is 4.79 Å². The predicted molar refractivity (Wildman–Crippen MR) is 76.1 cm³/mol. The maximum atomic E-state index is 11.9. The van der Waals surface area contributed by atoms with Gasteiger partial charge in [0.1, 0.15) is 0 Å². The third kappa shape index (κ3) is 5.86. The molecule has 0 amide bonds. The zero-order valence-corrected chi connectivity index (χ0v) is 11.8. The summed E-state index contributed by atoms with van der Waals surface area (Å²) >= 11 is 0. The molecule has 1 nitrogen and oxygen atoms in total. The van der Waals surface area contributed by atoms with E-state index in [2.05, 4.69) is 6.58 Å². The van der Waals surface area contributed by atoms with Crippen molar-refractivity contribution in [3.63, 3.8) is 0 Å². The van der Waals surface area contributed by atoms with Crippen LogP contribution >= 0.6 is 0 Å². The molecule has 0 N–H and O–H groups in total. The first-order valence-electron chi connectivity index (χ1n) is 7.10. The maximum Gasteiger partial charge on any atom is 0.159 e. The molecule has 0 atom stereocenters. The summed E-state index contributed by atoms with van der Waals surface area (Å²) in [5, 5.41) is 0. The van der Waals surface area contributed by atoms with E-state index in [-0.39, 0.29) is 0 Å². The molecule has 98 valence electrons. The number of hydrogen-bond acceptors (Lipinski definition) is 1. The highest BCUT2D eigenvalue weighted by Crippen LogP contribution is 2.30. The minimum absolute atomic E-state index is 0.337. The van der Waals surface area contributed by atoms with Gasteiger partial charge >= 0.3 is 0 Å². The molecule has 1 heteroatoms. The molecule has 1 fully saturated rings. The van der Waals surface area contributed by atoms with Crippen molar-refractivity contribution in [1.82, 2.24) is 0 Å². The summed E-state index contributed by atoms with van der Waals surface area (Å²) in [5.41, 5.74) is 1.08. The van der Waals surface area contributed by atoms with E-state index < -0.39 is 0 Å². The number of rotatable bonds is 5. The van der Waals surface area contributed by atoms with Gasteiger partial charge in [-0.25, -0.2) is 0 Å². The van der Waals surface area contributed by atoms with Crippen LogP contribution in [0.1, 0.15) is 65.7 Å². The second-order valence-electron chi connectivity index (χ2n) is 4.33. The van der Waals surface area contributed by atoms with Gasteiger partial charge in [0.05, 0.1) is 0 Å². The van der Waals surface area contributed by atoms with Crippen LogP contribution in [0.5, 0.6) is 0 Å². The highest BCUT2D eigenvalue weighted by atomic mass is 16.1. The van der Waals surface area contributed by atoms with Gasteiger partial charge in [-0.15, -0.1) is 6.58 Å². The lowest BCUT2D eigenvalue weighted by Crippen LogP contribution is -2.16. The summed E-state index contributed by atoms with van der Waals surface area (Å²) in [6.07, 6.45) is 11.6. The molecular weight excluding hydrogens is 208 g/mol. The zero-order valence-electron chi connectivity index (χ0n) is 11.8. The third-order valence-corrected chi connectivity index (χ3v) is 3.25. The lowest BCUT2D eigenvalue weighted by Gasteiger charge is -2.23. The molecule has 0 unspecified atom stereocenters. The Hall–Kier alpha value is -0.850. The SMILES string of the molecule is C=CCCC(=O)/C(=C/C)C1CCCCC1.CC. The van der Waals surface area contributed by atoms with Crippen molar-refractivity contribution in [2.75, 3.05) is 0 Å². The van der Waals surface area contributed by atoms with Crippen LogP contribution < -0.4 is 0 Å². The molecule has 17 heavy (non-hydrogen) atoms. The van der Waals surface area contributed by atoms with Crippen LogP contribution in [0.4, 0.5) is 0 Å². The highest BCUT2D eigenvalue weighted by Gasteiger charge is 2.21. The molecule has 0 radical (unpaired) electrons. The van der Waals surface area contributed by atoms with E-state index in [1.165, 1.54) is 32.1 Å². The molecule has 0 aromatic rings. The molecule has 1 saturated carbocycles. The first-order valence-corrected chi connectivity index (χ1v) is 7.10. The molecule has 0 aromatic heterocycles. The van der Waals surface area contributed by atoms with Crippen LogP contribution in [-0.2, 0) is 4.79 Å². The zero-order chi connectivity index (χ0) is 13.1. The molecule has 0 heterocycles. The van der Waals surface area contributed by atoms with Gasteiger partial charge < -0.3 is 0 Å². The van der Waals surface area contributed by atoms with Crippen molar-refractivity contribution in [1.29, 1.82) is 0 Å². The summed E-state index contributed by atoms with van der Waals surface area (Å²) in [4.78, 5) is 11.9. The van der Waals surface area contributed by atoms with Crippen molar-refractivity contribution in [2.45, 2.75) is 65.7 Å². The summed E-state index contributed by atoms with van der Waals surface area (Å²) < 4.78 is 0. The smallest absolute Gasteiger partial charge is 0.159 e. The van der Waals surface area contributed by atoms with Gasteiger partial charge in [0.2, 0.25) is 0 Å². The van der Waals surface area contributed by atoms with Crippen LogP contribution in [0, 0.1) is 5.92 Å². The number of carbonyl (C=O) groups is 1. The molecule has 1 aliphatic rings. The lowest BCUT2D eigenvalue weighted by molar-refractivity contribution is -0.116. The fourth-order valence-electron chi connectivity index (χ4n) is 2.42. The highest BCUT2D eigenvalue weighted by molar-refractivity contribution is 5.95. The van der Waals surface area contributed by atoms with Gasteiger partial charge in [-0.2, -0.15) is 0 Å². The summed E-state index contributed by atoms with van der Waals surface area (Å²) in [7, 11) is 0. The van der Waals surface area contributed by atoms with Gasteiger partial charge in [-0.05, 0) is 37.7 Å². The Morgan fingerprint density at radius 2 is 1.82 bits per heavy atom. The van der Waals surface area contributed by atoms with Crippen LogP contribution in [0.3, 0.4) is 0 Å². The number of carbonyl (C=O) groups excluding carboxylic acids is 1. The molecule has 0 bridgehead atoms. The van der Waals surface area contributed by atoms with Crippen molar-refractivity contribution in [3.8, 4) is 0 Å². The standard InChI is InChI=1S/C14H22O.C2H6/c1-3-5-11-14(15)13(4-2)12-9-7-6-8-10-12;1-2/h3-4,12H,1,5-11H2,2H3;1-2H3/b13-4+;. The third-order valence-electron chi connectivity index (χ3n) is 3.25. The molecular formula is C16H28O. The number of hydrogen-bond donors (Lipinski definition) is 0. The first kappa shape index (κ1) is 16.1. The van der Waals surface area contributed by atoms with Crippen LogP contribution in [0.2, 0.25) is 0 Å². The summed E-state index contributed by atoms with van der Waals surface area (Å²) in [6.45, 7) is 9.65. The minimum Gasteiger partial charge on any atom is -0.295 e. The molecule has 0 aromatic carbocycles. The Morgan fingerprint density at radius 3 is 2.29 bits per heavy atom. The second kappa shape index (κ2) is 10.3. The second-order valence-corrected chi connectivity index (χ2v) is 4.33. The Kier molecular flexibility index (Phi) is 9.80. The van der Waals surface area contributed by atoms with Gasteiger partial charge in [0.25, 0.3) is 0 Å². The number of allylic oxidation sites excluding steroid dienone is 3. The van der Waals surface area contributed by atoms with E-state index in [0.29, 0.717) is 18.1 Å². The molecule has 1 rings (SSSR count). The Morgan fingerprint density at radius 1 is 1.24 bits per heavy atom. The van der Waals surface area contributed by atoms with Gasteiger partial charge in [0, 0.05) is 6.42 Å². The minimum atomic E-state index is 0.337. The monoisotopic (exact) mass is 236 g/mol. The van der Waals surface area contributed by atoms with E-state index in [1.807, 2.05) is 32.9 Å². The number of ketones is 1. The average Bonchev–Trinajstić information content (AvgIpc) is 2.41. The van der Waals surface area contributed by atoms with E-state index in [9.17, 15) is 4.79 Å². The van der Waals surface area contributed by atoms with E-state index in [0.717, 1.165) is 12.0 Å². The Balaban J connectivity index is 0.00000121. The van der Waals surface area contributed by atoms with Gasteiger partial charge in [-0.1, -0.05) is 45.3 Å². The van der Waals surface area contributed by atoms with Crippen molar-refractivity contribution >= 4 is 5.78 Å². The maximum absolute atomic E-state index is 11.9. The predicted octanol–water partition coefficient (Wildman–Crippen LogP) is 5.07. The molecule has 0 spiro atoms. The molecule has 0 aliphatic heterocycles. The van der Waals surface area contributed by atoms with Crippen molar-refractivity contribution < 1.29 is 4.79 Å². The van der Waals surface area contributed by atoms with Crippen molar-refractivity contribution in [3.05, 3.63) is 24.3 Å². The fourth-order valence-corrected chi connectivity index (χ4v) is 2.42. The number of Topliss-reactive ketones (excluding diaryl/α,β-unsaturated/α-hetero) is 1. The summed E-state index contributed by atoms with van der Waals surface area (Å²) in [6, 6.07) is 0. The average molecular weight is 236 g/mol. The van der Waals surface area contributed by atoms with Crippen LogP contribution in [0.15, 0.2) is 24.3 Å². The Labute approximate surface area is 107 Å². The quantitative estimate of drug-likeness (QED) is 0.481. The lowest BCUT2D eigenvalue weighted by atomic mass is 9.81. The van der Waals surface area contributed by atoms with E-state index >= 15 is 0 Å². The first-order chi connectivity index (χ1) is 8.29. The Bertz CT molecular complexity index is 244. The fraction of sp³-hybridized carbons (Fsp3) is 0.688. The van der Waals surface area contributed by atoms with E-state index in [1.54, 1.807) is 0 Å². The van der Waals surface area contributed by atoms with E-state index in [4.69, 9.17) is 0 Å². The van der Waals surface area contributed by atoms with Gasteiger partial charge in [0.15, 0.2) is 5.78 Å². The molecule has 1 aliphatic carbocycles. The van der Waals surface area contributed by atoms with Crippen molar-refractivity contribution in [2.24, 2.45) is 5.92 Å². The largest absolute Gasteiger partial charge is 0.295 e.